The standard InChI is InChI=1S/C13H23N5O4S/c1-2-22-13(19)16-7-11-18(12-8-16)23(20,21)17-9-5-15(4-3-14)6-10-17/h2,4-12H2,1H3. The molecule has 130 valence electrons. The van der Waals surface area contributed by atoms with Crippen LogP contribution in [0.1, 0.15) is 6.92 Å². The van der Waals surface area contributed by atoms with Gasteiger partial charge in [0.25, 0.3) is 10.2 Å². The van der Waals surface area contributed by atoms with Crippen LogP contribution in [-0.4, -0.2) is 98.4 Å². The Hall–Kier alpha value is -1.41. The number of nitriles is 1. The van der Waals surface area contributed by atoms with Gasteiger partial charge in [0, 0.05) is 52.4 Å². The molecule has 2 heterocycles. The van der Waals surface area contributed by atoms with Gasteiger partial charge in [-0.2, -0.15) is 22.3 Å². The van der Waals surface area contributed by atoms with Gasteiger partial charge in [0.2, 0.25) is 0 Å². The lowest BCUT2D eigenvalue weighted by Gasteiger charge is -2.39. The zero-order valence-electron chi connectivity index (χ0n) is 13.3. The lowest BCUT2D eigenvalue weighted by atomic mass is 10.4. The maximum Gasteiger partial charge on any atom is 0.409 e. The molecule has 0 bridgehead atoms. The summed E-state index contributed by atoms with van der Waals surface area (Å²) in [4.78, 5) is 15.1. The quantitative estimate of drug-likeness (QED) is 0.616. The van der Waals surface area contributed by atoms with Gasteiger partial charge in [-0.15, -0.1) is 0 Å². The first-order valence-corrected chi connectivity index (χ1v) is 9.15. The van der Waals surface area contributed by atoms with Crippen molar-refractivity contribution in [3.05, 3.63) is 0 Å². The fourth-order valence-electron chi connectivity index (χ4n) is 2.70. The molecule has 0 aromatic rings. The number of hydrogen-bond acceptors (Lipinski definition) is 6. The Bertz CT molecular complexity index is 545. The van der Waals surface area contributed by atoms with Gasteiger partial charge in [0.05, 0.1) is 19.2 Å². The highest BCUT2D eigenvalue weighted by Crippen LogP contribution is 2.15. The Kier molecular flexibility index (Phi) is 6.17. The predicted molar refractivity (Wildman–Crippen MR) is 82.7 cm³/mol. The summed E-state index contributed by atoms with van der Waals surface area (Å²) in [6.07, 6.45) is -0.394. The molecule has 2 aliphatic rings. The first-order chi connectivity index (χ1) is 11.0. The summed E-state index contributed by atoms with van der Waals surface area (Å²) in [5.41, 5.74) is 0. The van der Waals surface area contributed by atoms with Gasteiger partial charge in [-0.05, 0) is 6.92 Å². The molecule has 0 atom stereocenters. The summed E-state index contributed by atoms with van der Waals surface area (Å²) in [5, 5.41) is 8.68. The van der Waals surface area contributed by atoms with Gasteiger partial charge in [-0.3, -0.25) is 4.90 Å². The van der Waals surface area contributed by atoms with Crippen molar-refractivity contribution in [2.45, 2.75) is 6.92 Å². The first-order valence-electron chi connectivity index (χ1n) is 7.75. The van der Waals surface area contributed by atoms with E-state index in [9.17, 15) is 13.2 Å². The summed E-state index contributed by atoms with van der Waals surface area (Å²) < 4.78 is 33.1. The number of amides is 1. The van der Waals surface area contributed by atoms with Gasteiger partial charge >= 0.3 is 6.09 Å². The second-order valence-electron chi connectivity index (χ2n) is 5.43. The number of rotatable bonds is 4. The second-order valence-corrected chi connectivity index (χ2v) is 7.35. The predicted octanol–water partition coefficient (Wildman–Crippen LogP) is -0.854. The molecule has 0 N–H and O–H groups in total. The Morgan fingerprint density at radius 2 is 1.57 bits per heavy atom. The Morgan fingerprint density at radius 3 is 2.04 bits per heavy atom. The van der Waals surface area contributed by atoms with Gasteiger partial charge in [0.15, 0.2) is 0 Å². The molecule has 1 amide bonds. The highest BCUT2D eigenvalue weighted by atomic mass is 32.2. The molecular weight excluding hydrogens is 322 g/mol. The zero-order chi connectivity index (χ0) is 16.9. The molecule has 0 unspecified atom stereocenters. The summed E-state index contributed by atoms with van der Waals surface area (Å²) in [6.45, 7) is 5.52. The summed E-state index contributed by atoms with van der Waals surface area (Å²) in [5.74, 6) is 0. The van der Waals surface area contributed by atoms with Crippen LogP contribution in [0, 0.1) is 11.3 Å². The molecule has 2 fully saturated rings. The first kappa shape index (κ1) is 17.9. The second kappa shape index (κ2) is 7.92. The van der Waals surface area contributed by atoms with Crippen molar-refractivity contribution in [2.75, 3.05) is 65.5 Å². The molecule has 0 radical (unpaired) electrons. The highest BCUT2D eigenvalue weighted by molar-refractivity contribution is 7.86. The Labute approximate surface area is 137 Å². The minimum absolute atomic E-state index is 0.277. The van der Waals surface area contributed by atoms with E-state index in [1.807, 2.05) is 4.90 Å². The van der Waals surface area contributed by atoms with Crippen molar-refractivity contribution in [3.8, 4) is 6.07 Å². The van der Waals surface area contributed by atoms with Crippen molar-refractivity contribution in [3.63, 3.8) is 0 Å². The molecule has 2 rings (SSSR count). The number of carbonyl (C=O) groups is 1. The number of piperazine rings is 2. The van der Waals surface area contributed by atoms with Gasteiger partial charge in [-0.1, -0.05) is 0 Å². The molecule has 2 saturated heterocycles. The topological polar surface area (TPSA) is 97.2 Å². The van der Waals surface area contributed by atoms with Crippen LogP contribution in [0.4, 0.5) is 4.79 Å². The molecule has 10 heteroatoms. The van der Waals surface area contributed by atoms with Crippen LogP contribution in [0.2, 0.25) is 0 Å². The molecular formula is C13H23N5O4S. The van der Waals surface area contributed by atoms with Crippen LogP contribution in [0.15, 0.2) is 0 Å². The summed E-state index contributed by atoms with van der Waals surface area (Å²) >= 11 is 0. The van der Waals surface area contributed by atoms with Crippen molar-refractivity contribution in [2.24, 2.45) is 0 Å². The fraction of sp³-hybridized carbons (Fsp3) is 0.846. The van der Waals surface area contributed by atoms with E-state index in [0.29, 0.717) is 52.4 Å². The average Bonchev–Trinajstić information content (AvgIpc) is 2.56. The number of hydrogen-bond donors (Lipinski definition) is 0. The smallest absolute Gasteiger partial charge is 0.409 e. The van der Waals surface area contributed by atoms with Crippen molar-refractivity contribution >= 4 is 16.3 Å². The molecule has 23 heavy (non-hydrogen) atoms. The van der Waals surface area contributed by atoms with Crippen LogP contribution < -0.4 is 0 Å². The van der Waals surface area contributed by atoms with E-state index in [0.717, 1.165) is 0 Å². The Morgan fingerprint density at radius 1 is 1.04 bits per heavy atom. The van der Waals surface area contributed by atoms with E-state index in [2.05, 4.69) is 6.07 Å². The summed E-state index contributed by atoms with van der Waals surface area (Å²) in [6, 6.07) is 2.08. The molecule has 0 aromatic heterocycles. The maximum atomic E-state index is 12.6. The van der Waals surface area contributed by atoms with Crippen LogP contribution >= 0.6 is 0 Å². The molecule has 2 aliphatic heterocycles. The molecule has 0 spiro atoms. The van der Waals surface area contributed by atoms with E-state index >= 15 is 0 Å². The minimum atomic E-state index is -3.51. The number of ether oxygens (including phenoxy) is 1. The number of nitrogens with zero attached hydrogens (tertiary/aromatic N) is 5. The molecule has 9 nitrogen and oxygen atoms in total. The van der Waals surface area contributed by atoms with E-state index in [1.54, 1.807) is 6.92 Å². The van der Waals surface area contributed by atoms with Crippen molar-refractivity contribution in [1.82, 2.24) is 18.4 Å². The lowest BCUT2D eigenvalue weighted by molar-refractivity contribution is 0.0917. The SMILES string of the molecule is CCOC(=O)N1CCN(S(=O)(=O)N2CCN(CC#N)CC2)CC1. The van der Waals surface area contributed by atoms with E-state index < -0.39 is 16.3 Å². The lowest BCUT2D eigenvalue weighted by Crippen LogP contribution is -2.57. The monoisotopic (exact) mass is 345 g/mol. The van der Waals surface area contributed by atoms with Crippen molar-refractivity contribution in [1.29, 1.82) is 5.26 Å². The normalized spacial score (nSPS) is 21.8. The largest absolute Gasteiger partial charge is 0.450 e. The number of carbonyl (C=O) groups excluding carboxylic acids is 1. The van der Waals surface area contributed by atoms with Crippen LogP contribution in [-0.2, 0) is 14.9 Å². The van der Waals surface area contributed by atoms with Crippen LogP contribution in [0.25, 0.3) is 0 Å². The highest BCUT2D eigenvalue weighted by Gasteiger charge is 2.35. The molecule has 0 aromatic carbocycles. The molecule has 0 aliphatic carbocycles. The fourth-order valence-corrected chi connectivity index (χ4v) is 4.27. The minimum Gasteiger partial charge on any atom is -0.450 e. The van der Waals surface area contributed by atoms with Crippen LogP contribution in [0.5, 0.6) is 0 Å². The van der Waals surface area contributed by atoms with Crippen LogP contribution in [0.3, 0.4) is 0 Å². The third-order valence-corrected chi connectivity index (χ3v) is 6.08. The third kappa shape index (κ3) is 4.32. The zero-order valence-corrected chi connectivity index (χ0v) is 14.2. The average molecular weight is 345 g/mol. The molecule has 0 saturated carbocycles. The van der Waals surface area contributed by atoms with E-state index in [-0.39, 0.29) is 13.1 Å². The van der Waals surface area contributed by atoms with Gasteiger partial charge in [0.1, 0.15) is 0 Å². The Balaban J connectivity index is 1.87. The van der Waals surface area contributed by atoms with E-state index in [1.165, 1.54) is 13.5 Å². The van der Waals surface area contributed by atoms with Gasteiger partial charge < -0.3 is 9.64 Å². The van der Waals surface area contributed by atoms with Gasteiger partial charge in [-0.25, -0.2) is 4.79 Å². The third-order valence-electron chi connectivity index (χ3n) is 4.04. The maximum absolute atomic E-state index is 12.6. The van der Waals surface area contributed by atoms with E-state index in [4.69, 9.17) is 10.00 Å². The summed E-state index contributed by atoms with van der Waals surface area (Å²) in [7, 11) is -3.51. The van der Waals surface area contributed by atoms with Crippen molar-refractivity contribution < 1.29 is 17.9 Å².